The highest BCUT2D eigenvalue weighted by Crippen LogP contribution is 2.33. The quantitative estimate of drug-likeness (QED) is 0.830. The first-order chi connectivity index (χ1) is 8.34. The van der Waals surface area contributed by atoms with Crippen molar-refractivity contribution < 1.29 is 22.0 Å². The normalized spacial score (nSPS) is 24.5. The summed E-state index contributed by atoms with van der Waals surface area (Å²) in [5, 5.41) is -0.957. The van der Waals surface area contributed by atoms with Crippen LogP contribution in [0.25, 0.3) is 0 Å². The molecule has 2 atom stereocenters. The van der Waals surface area contributed by atoms with E-state index in [1.165, 1.54) is 6.92 Å². The Morgan fingerprint density at radius 1 is 1.28 bits per heavy atom. The standard InChI is InChI=1S/C12H12F2O3S/c1-7-10(15)4-5-11(7)18(16,17)12-6-8(13)2-3-9(12)14/h2-3,6-7,11H,4-5H2,1H3. The highest BCUT2D eigenvalue weighted by molar-refractivity contribution is 7.92. The summed E-state index contributed by atoms with van der Waals surface area (Å²) in [6.07, 6.45) is 0.334. The minimum atomic E-state index is -4.01. The molecule has 1 aliphatic carbocycles. The Morgan fingerprint density at radius 2 is 1.94 bits per heavy atom. The van der Waals surface area contributed by atoms with Gasteiger partial charge in [-0.25, -0.2) is 17.2 Å². The van der Waals surface area contributed by atoms with Crippen LogP contribution in [-0.2, 0) is 14.6 Å². The van der Waals surface area contributed by atoms with Crippen molar-refractivity contribution >= 4 is 15.6 Å². The highest BCUT2D eigenvalue weighted by Gasteiger charge is 2.41. The molecule has 1 fully saturated rings. The summed E-state index contributed by atoms with van der Waals surface area (Å²) in [6.45, 7) is 1.51. The Morgan fingerprint density at radius 3 is 2.50 bits per heavy atom. The fourth-order valence-electron chi connectivity index (χ4n) is 2.25. The third-order valence-electron chi connectivity index (χ3n) is 3.34. The molecule has 0 amide bonds. The van der Waals surface area contributed by atoms with Crippen LogP contribution in [0.5, 0.6) is 0 Å². The molecule has 1 aromatic rings. The van der Waals surface area contributed by atoms with Crippen molar-refractivity contribution in [1.29, 1.82) is 0 Å². The van der Waals surface area contributed by atoms with Crippen molar-refractivity contribution in [3.8, 4) is 0 Å². The molecule has 3 nitrogen and oxygen atoms in total. The second kappa shape index (κ2) is 4.42. The van der Waals surface area contributed by atoms with Crippen LogP contribution in [0.1, 0.15) is 19.8 Å². The fourth-order valence-corrected chi connectivity index (χ4v) is 4.31. The monoisotopic (exact) mass is 274 g/mol. The zero-order valence-corrected chi connectivity index (χ0v) is 10.5. The lowest BCUT2D eigenvalue weighted by Gasteiger charge is -2.15. The summed E-state index contributed by atoms with van der Waals surface area (Å²) >= 11 is 0. The zero-order chi connectivity index (χ0) is 13.5. The largest absolute Gasteiger partial charge is 0.299 e. The maximum Gasteiger partial charge on any atom is 0.184 e. The fraction of sp³-hybridized carbons (Fsp3) is 0.417. The van der Waals surface area contributed by atoms with Crippen molar-refractivity contribution in [2.75, 3.05) is 0 Å². The number of ketones is 1. The van der Waals surface area contributed by atoms with Crippen LogP contribution in [0.2, 0.25) is 0 Å². The number of rotatable bonds is 2. The number of sulfone groups is 1. The van der Waals surface area contributed by atoms with Crippen molar-refractivity contribution in [3.63, 3.8) is 0 Å². The van der Waals surface area contributed by atoms with Gasteiger partial charge in [0, 0.05) is 12.3 Å². The van der Waals surface area contributed by atoms with Crippen molar-refractivity contribution in [2.24, 2.45) is 5.92 Å². The molecule has 0 heterocycles. The van der Waals surface area contributed by atoms with Crippen LogP contribution in [0, 0.1) is 17.6 Å². The molecule has 2 unspecified atom stereocenters. The lowest BCUT2D eigenvalue weighted by Crippen LogP contribution is -2.27. The molecule has 0 aromatic heterocycles. The van der Waals surface area contributed by atoms with Gasteiger partial charge in [0.1, 0.15) is 22.3 Å². The summed E-state index contributed by atoms with van der Waals surface area (Å²) in [6, 6.07) is 2.31. The summed E-state index contributed by atoms with van der Waals surface area (Å²) in [7, 11) is -4.01. The molecular formula is C12H12F2O3S. The molecule has 1 aromatic carbocycles. The van der Waals surface area contributed by atoms with Crippen LogP contribution >= 0.6 is 0 Å². The minimum Gasteiger partial charge on any atom is -0.299 e. The molecule has 2 rings (SSSR count). The molecule has 18 heavy (non-hydrogen) atoms. The molecule has 98 valence electrons. The van der Waals surface area contributed by atoms with Gasteiger partial charge in [0.2, 0.25) is 0 Å². The Labute approximate surface area is 104 Å². The van der Waals surface area contributed by atoms with Gasteiger partial charge in [-0.3, -0.25) is 4.79 Å². The number of benzene rings is 1. The van der Waals surface area contributed by atoms with Gasteiger partial charge >= 0.3 is 0 Å². The molecule has 0 spiro atoms. The molecule has 0 radical (unpaired) electrons. The van der Waals surface area contributed by atoms with Crippen molar-refractivity contribution in [3.05, 3.63) is 29.8 Å². The van der Waals surface area contributed by atoms with Crippen LogP contribution in [0.3, 0.4) is 0 Å². The van der Waals surface area contributed by atoms with Gasteiger partial charge < -0.3 is 0 Å². The van der Waals surface area contributed by atoms with E-state index < -0.39 is 37.5 Å². The summed E-state index contributed by atoms with van der Waals surface area (Å²) in [5.41, 5.74) is 0. The number of halogens is 2. The van der Waals surface area contributed by atoms with E-state index in [4.69, 9.17) is 0 Å². The van der Waals surface area contributed by atoms with E-state index in [-0.39, 0.29) is 18.6 Å². The van der Waals surface area contributed by atoms with E-state index in [9.17, 15) is 22.0 Å². The van der Waals surface area contributed by atoms with Crippen LogP contribution in [0.4, 0.5) is 8.78 Å². The van der Waals surface area contributed by atoms with Crippen LogP contribution in [0.15, 0.2) is 23.1 Å². The van der Waals surface area contributed by atoms with Gasteiger partial charge in [-0.05, 0) is 24.6 Å². The molecule has 6 heteroatoms. The number of hydrogen-bond donors (Lipinski definition) is 0. The number of carbonyl (C=O) groups is 1. The van der Waals surface area contributed by atoms with Gasteiger partial charge in [-0.2, -0.15) is 0 Å². The van der Waals surface area contributed by atoms with Crippen LogP contribution < -0.4 is 0 Å². The van der Waals surface area contributed by atoms with Gasteiger partial charge in [0.25, 0.3) is 0 Å². The second-order valence-electron chi connectivity index (χ2n) is 4.45. The third-order valence-corrected chi connectivity index (χ3v) is 5.71. The molecule has 0 saturated heterocycles. The summed E-state index contributed by atoms with van der Waals surface area (Å²) in [4.78, 5) is 10.7. The predicted molar refractivity (Wildman–Crippen MR) is 60.7 cm³/mol. The Hall–Kier alpha value is -1.30. The first kappa shape index (κ1) is 13.1. The maximum atomic E-state index is 13.5. The molecular weight excluding hydrogens is 262 g/mol. The van der Waals surface area contributed by atoms with Gasteiger partial charge in [0.05, 0.1) is 5.25 Å². The van der Waals surface area contributed by atoms with E-state index in [1.807, 2.05) is 0 Å². The Bertz CT molecular complexity index is 595. The average Bonchev–Trinajstić information content (AvgIpc) is 2.63. The molecule has 1 aliphatic rings. The SMILES string of the molecule is CC1C(=O)CCC1S(=O)(=O)c1cc(F)ccc1F. The van der Waals surface area contributed by atoms with Gasteiger partial charge in [0.15, 0.2) is 9.84 Å². The summed E-state index contributed by atoms with van der Waals surface area (Å²) < 4.78 is 51.0. The van der Waals surface area contributed by atoms with Gasteiger partial charge in [-0.15, -0.1) is 0 Å². The maximum absolute atomic E-state index is 13.5. The average molecular weight is 274 g/mol. The minimum absolute atomic E-state index is 0.152. The second-order valence-corrected chi connectivity index (χ2v) is 6.59. The van der Waals surface area contributed by atoms with E-state index in [0.29, 0.717) is 6.07 Å². The number of Topliss-reactive ketones (excluding diaryl/α,β-unsaturated/α-hetero) is 1. The zero-order valence-electron chi connectivity index (χ0n) is 9.69. The number of hydrogen-bond acceptors (Lipinski definition) is 3. The first-order valence-electron chi connectivity index (χ1n) is 5.55. The third kappa shape index (κ3) is 2.05. The highest BCUT2D eigenvalue weighted by atomic mass is 32.2. The van der Waals surface area contributed by atoms with Crippen LogP contribution in [-0.4, -0.2) is 19.5 Å². The van der Waals surface area contributed by atoms with Crippen molar-refractivity contribution in [1.82, 2.24) is 0 Å². The Kier molecular flexibility index (Phi) is 3.23. The van der Waals surface area contributed by atoms with E-state index in [0.717, 1.165) is 12.1 Å². The molecule has 0 bridgehead atoms. The van der Waals surface area contributed by atoms with E-state index >= 15 is 0 Å². The summed E-state index contributed by atoms with van der Waals surface area (Å²) in [5.74, 6) is -2.62. The molecule has 1 saturated carbocycles. The lowest BCUT2D eigenvalue weighted by atomic mass is 10.1. The lowest BCUT2D eigenvalue weighted by molar-refractivity contribution is -0.120. The molecule has 0 aliphatic heterocycles. The predicted octanol–water partition coefficient (Wildman–Crippen LogP) is 2.11. The van der Waals surface area contributed by atoms with E-state index in [2.05, 4.69) is 0 Å². The Balaban J connectivity index is 2.49. The smallest absolute Gasteiger partial charge is 0.184 e. The number of carbonyl (C=O) groups excluding carboxylic acids is 1. The topological polar surface area (TPSA) is 51.2 Å². The van der Waals surface area contributed by atoms with Crippen molar-refractivity contribution in [2.45, 2.75) is 29.9 Å². The first-order valence-corrected chi connectivity index (χ1v) is 7.10. The van der Waals surface area contributed by atoms with E-state index in [1.54, 1.807) is 0 Å². The molecule has 0 N–H and O–H groups in total. The van der Waals surface area contributed by atoms with Gasteiger partial charge in [-0.1, -0.05) is 6.92 Å².